The first-order valence-electron chi connectivity index (χ1n) is 7.33. The highest BCUT2D eigenvalue weighted by Crippen LogP contribution is 2.35. The van der Waals surface area contributed by atoms with Gasteiger partial charge >= 0.3 is 0 Å². The second-order valence-corrected chi connectivity index (χ2v) is 5.92. The van der Waals surface area contributed by atoms with E-state index in [-0.39, 0.29) is 0 Å². The summed E-state index contributed by atoms with van der Waals surface area (Å²) in [6.45, 7) is 8.24. The normalized spacial score (nSPS) is 31.8. The molecule has 1 saturated heterocycles. The SMILES string of the molecule is CCC1CN(CC2Cc3ccccc32)C(C)CN1. The summed E-state index contributed by atoms with van der Waals surface area (Å²) >= 11 is 0. The first-order chi connectivity index (χ1) is 8.78. The van der Waals surface area contributed by atoms with E-state index >= 15 is 0 Å². The van der Waals surface area contributed by atoms with Gasteiger partial charge in [0.05, 0.1) is 0 Å². The number of hydrogen-bond donors (Lipinski definition) is 1. The van der Waals surface area contributed by atoms with Crippen molar-refractivity contribution in [2.45, 2.75) is 44.7 Å². The van der Waals surface area contributed by atoms with Crippen molar-refractivity contribution in [2.24, 2.45) is 0 Å². The smallest absolute Gasteiger partial charge is 0.0193 e. The minimum atomic E-state index is 0.681. The van der Waals surface area contributed by atoms with E-state index in [9.17, 15) is 0 Å². The van der Waals surface area contributed by atoms with Gasteiger partial charge in [0, 0.05) is 37.6 Å². The lowest BCUT2D eigenvalue weighted by Crippen LogP contribution is -2.56. The molecule has 1 aromatic rings. The molecule has 2 aliphatic rings. The van der Waals surface area contributed by atoms with E-state index in [0.717, 1.165) is 12.5 Å². The average molecular weight is 244 g/mol. The van der Waals surface area contributed by atoms with Crippen molar-refractivity contribution in [1.29, 1.82) is 0 Å². The van der Waals surface area contributed by atoms with Crippen LogP contribution in [0.1, 0.15) is 37.3 Å². The topological polar surface area (TPSA) is 15.3 Å². The van der Waals surface area contributed by atoms with Crippen LogP contribution in [-0.4, -0.2) is 36.6 Å². The summed E-state index contributed by atoms with van der Waals surface area (Å²) in [4.78, 5) is 2.69. The summed E-state index contributed by atoms with van der Waals surface area (Å²) in [7, 11) is 0. The second-order valence-electron chi connectivity index (χ2n) is 5.92. The van der Waals surface area contributed by atoms with Crippen LogP contribution >= 0.6 is 0 Å². The Balaban J connectivity index is 1.63. The number of nitrogens with one attached hydrogen (secondary N) is 1. The van der Waals surface area contributed by atoms with Crippen LogP contribution in [0.3, 0.4) is 0 Å². The maximum Gasteiger partial charge on any atom is 0.0193 e. The Hall–Kier alpha value is -0.860. The molecule has 3 rings (SSSR count). The number of rotatable bonds is 3. The fraction of sp³-hybridized carbons (Fsp3) is 0.625. The molecule has 1 aliphatic heterocycles. The van der Waals surface area contributed by atoms with Crippen LogP contribution in [0.4, 0.5) is 0 Å². The zero-order chi connectivity index (χ0) is 12.5. The Morgan fingerprint density at radius 2 is 2.17 bits per heavy atom. The molecule has 0 saturated carbocycles. The summed E-state index contributed by atoms with van der Waals surface area (Å²) in [5.74, 6) is 0.777. The molecule has 0 radical (unpaired) electrons. The Bertz CT molecular complexity index is 415. The molecule has 0 aromatic heterocycles. The van der Waals surface area contributed by atoms with Crippen LogP contribution in [0, 0.1) is 0 Å². The molecule has 2 nitrogen and oxygen atoms in total. The molecule has 1 N–H and O–H groups in total. The summed E-state index contributed by atoms with van der Waals surface area (Å²) in [6, 6.07) is 10.3. The van der Waals surface area contributed by atoms with Crippen molar-refractivity contribution in [1.82, 2.24) is 10.2 Å². The highest BCUT2D eigenvalue weighted by Gasteiger charge is 2.31. The van der Waals surface area contributed by atoms with E-state index in [0.29, 0.717) is 12.1 Å². The molecular weight excluding hydrogens is 220 g/mol. The summed E-state index contributed by atoms with van der Waals surface area (Å²) in [5.41, 5.74) is 3.16. The second kappa shape index (κ2) is 5.02. The fourth-order valence-electron chi connectivity index (χ4n) is 3.33. The van der Waals surface area contributed by atoms with Crippen molar-refractivity contribution in [3.8, 4) is 0 Å². The predicted octanol–water partition coefficient (Wildman–Crippen LogP) is 2.40. The standard InChI is InChI=1S/C16H24N2/c1-3-15-11-18(12(2)9-17-15)10-14-8-13-6-4-5-7-16(13)14/h4-7,12,14-15,17H,3,8-11H2,1-2H3. The Morgan fingerprint density at radius 3 is 2.94 bits per heavy atom. The minimum Gasteiger partial charge on any atom is -0.311 e. The fourth-order valence-corrected chi connectivity index (χ4v) is 3.33. The van der Waals surface area contributed by atoms with Crippen molar-refractivity contribution < 1.29 is 0 Å². The molecule has 1 aromatic carbocycles. The van der Waals surface area contributed by atoms with Gasteiger partial charge < -0.3 is 5.32 Å². The van der Waals surface area contributed by atoms with Crippen molar-refractivity contribution in [3.63, 3.8) is 0 Å². The zero-order valence-electron chi connectivity index (χ0n) is 11.5. The number of hydrogen-bond acceptors (Lipinski definition) is 2. The Labute approximate surface area is 110 Å². The van der Waals surface area contributed by atoms with Crippen LogP contribution in [-0.2, 0) is 6.42 Å². The molecule has 1 aliphatic carbocycles. The largest absolute Gasteiger partial charge is 0.311 e. The van der Waals surface area contributed by atoms with Crippen LogP contribution in [0.25, 0.3) is 0 Å². The van der Waals surface area contributed by atoms with Gasteiger partial charge in [-0.15, -0.1) is 0 Å². The first-order valence-corrected chi connectivity index (χ1v) is 7.33. The van der Waals surface area contributed by atoms with Crippen molar-refractivity contribution >= 4 is 0 Å². The number of fused-ring (bicyclic) bond motifs is 1. The van der Waals surface area contributed by atoms with E-state index in [1.807, 2.05) is 0 Å². The predicted molar refractivity (Wildman–Crippen MR) is 76.0 cm³/mol. The van der Waals surface area contributed by atoms with Crippen molar-refractivity contribution in [3.05, 3.63) is 35.4 Å². The number of nitrogens with zero attached hydrogens (tertiary/aromatic N) is 1. The molecule has 1 fully saturated rings. The molecule has 98 valence electrons. The molecule has 0 bridgehead atoms. The van der Waals surface area contributed by atoms with Gasteiger partial charge in [-0.3, -0.25) is 4.90 Å². The van der Waals surface area contributed by atoms with Gasteiger partial charge in [-0.1, -0.05) is 31.2 Å². The van der Waals surface area contributed by atoms with Gasteiger partial charge in [0.2, 0.25) is 0 Å². The third-order valence-corrected chi connectivity index (χ3v) is 4.69. The van der Waals surface area contributed by atoms with Crippen LogP contribution in [0.2, 0.25) is 0 Å². The highest BCUT2D eigenvalue weighted by atomic mass is 15.2. The van der Waals surface area contributed by atoms with E-state index < -0.39 is 0 Å². The quantitative estimate of drug-likeness (QED) is 0.878. The van der Waals surface area contributed by atoms with E-state index in [1.54, 1.807) is 11.1 Å². The number of benzene rings is 1. The van der Waals surface area contributed by atoms with Gasteiger partial charge in [-0.05, 0) is 30.9 Å². The lowest BCUT2D eigenvalue weighted by molar-refractivity contribution is 0.127. The molecule has 18 heavy (non-hydrogen) atoms. The maximum atomic E-state index is 3.64. The van der Waals surface area contributed by atoms with Gasteiger partial charge in [0.15, 0.2) is 0 Å². The Morgan fingerprint density at radius 1 is 1.33 bits per heavy atom. The average Bonchev–Trinajstić information content (AvgIpc) is 2.38. The van der Waals surface area contributed by atoms with Gasteiger partial charge in [0.1, 0.15) is 0 Å². The van der Waals surface area contributed by atoms with Gasteiger partial charge in [0.25, 0.3) is 0 Å². The first kappa shape index (κ1) is 12.2. The molecule has 3 atom stereocenters. The third kappa shape index (κ3) is 2.19. The van der Waals surface area contributed by atoms with E-state index in [4.69, 9.17) is 0 Å². The maximum absolute atomic E-state index is 3.64. The summed E-state index contributed by atoms with van der Waals surface area (Å²) in [6.07, 6.45) is 2.52. The molecule has 3 unspecified atom stereocenters. The Kier molecular flexibility index (Phi) is 3.40. The van der Waals surface area contributed by atoms with E-state index in [2.05, 4.69) is 48.3 Å². The van der Waals surface area contributed by atoms with Gasteiger partial charge in [-0.2, -0.15) is 0 Å². The molecular formula is C16H24N2. The van der Waals surface area contributed by atoms with Crippen LogP contribution < -0.4 is 5.32 Å². The van der Waals surface area contributed by atoms with Crippen LogP contribution in [0.5, 0.6) is 0 Å². The summed E-state index contributed by atoms with van der Waals surface area (Å²) in [5, 5.41) is 3.64. The van der Waals surface area contributed by atoms with E-state index in [1.165, 1.54) is 25.9 Å². The lowest BCUT2D eigenvalue weighted by Gasteiger charge is -2.42. The number of piperazine rings is 1. The van der Waals surface area contributed by atoms with Crippen LogP contribution in [0.15, 0.2) is 24.3 Å². The van der Waals surface area contributed by atoms with Gasteiger partial charge in [-0.25, -0.2) is 0 Å². The lowest BCUT2D eigenvalue weighted by atomic mass is 9.77. The molecule has 1 heterocycles. The third-order valence-electron chi connectivity index (χ3n) is 4.69. The monoisotopic (exact) mass is 244 g/mol. The molecule has 0 amide bonds. The van der Waals surface area contributed by atoms with Crippen molar-refractivity contribution in [2.75, 3.05) is 19.6 Å². The summed E-state index contributed by atoms with van der Waals surface area (Å²) < 4.78 is 0. The molecule has 0 spiro atoms. The molecule has 2 heteroatoms. The minimum absolute atomic E-state index is 0.681. The highest BCUT2D eigenvalue weighted by molar-refractivity contribution is 5.40. The zero-order valence-corrected chi connectivity index (χ0v) is 11.5.